The Balaban J connectivity index is 1.54. The van der Waals surface area contributed by atoms with E-state index in [0.29, 0.717) is 0 Å². The van der Waals surface area contributed by atoms with E-state index in [-0.39, 0.29) is 0 Å². The second kappa shape index (κ2) is 5.07. The summed E-state index contributed by atoms with van der Waals surface area (Å²) >= 11 is 0. The van der Waals surface area contributed by atoms with Gasteiger partial charge in [-0.3, -0.25) is 4.90 Å². The Morgan fingerprint density at radius 1 is 1.07 bits per heavy atom. The van der Waals surface area contributed by atoms with E-state index in [1.807, 2.05) is 0 Å². The van der Waals surface area contributed by atoms with Crippen LogP contribution in [0, 0.1) is 5.92 Å². The molecule has 2 N–H and O–H groups in total. The van der Waals surface area contributed by atoms with Crippen molar-refractivity contribution in [2.75, 3.05) is 59.0 Å². The van der Waals surface area contributed by atoms with E-state index in [4.69, 9.17) is 10.5 Å². The first-order valence-electron chi connectivity index (χ1n) is 5.61. The van der Waals surface area contributed by atoms with Crippen LogP contribution >= 0.6 is 0 Å². The lowest BCUT2D eigenvalue weighted by molar-refractivity contribution is 0.0234. The van der Waals surface area contributed by atoms with Gasteiger partial charge >= 0.3 is 0 Å². The molecule has 0 radical (unpaired) electrons. The lowest BCUT2D eigenvalue weighted by Crippen LogP contribution is -2.52. The number of likely N-dealkylation sites (tertiary alicyclic amines) is 1. The molecule has 4 nitrogen and oxygen atoms in total. The van der Waals surface area contributed by atoms with Crippen LogP contribution in [0.1, 0.15) is 0 Å². The van der Waals surface area contributed by atoms with Gasteiger partial charge in [-0.15, -0.1) is 0 Å². The first-order valence-corrected chi connectivity index (χ1v) is 5.61. The Hall–Kier alpha value is -0.160. The molecule has 2 fully saturated rings. The van der Waals surface area contributed by atoms with Crippen LogP contribution in [0.2, 0.25) is 0 Å². The Bertz CT molecular complexity index is 165. The molecule has 0 bridgehead atoms. The fourth-order valence-corrected chi connectivity index (χ4v) is 2.12. The molecule has 0 atom stereocenters. The van der Waals surface area contributed by atoms with Gasteiger partial charge in [-0.05, 0) is 12.5 Å². The van der Waals surface area contributed by atoms with Crippen molar-refractivity contribution in [1.29, 1.82) is 0 Å². The highest BCUT2D eigenvalue weighted by Crippen LogP contribution is 2.13. The summed E-state index contributed by atoms with van der Waals surface area (Å²) < 4.78 is 5.31. The van der Waals surface area contributed by atoms with Crippen LogP contribution in [0.4, 0.5) is 0 Å². The molecule has 2 saturated heterocycles. The van der Waals surface area contributed by atoms with Crippen LogP contribution in [0.15, 0.2) is 0 Å². The summed E-state index contributed by atoms with van der Waals surface area (Å²) in [5, 5.41) is 0. The maximum absolute atomic E-state index is 5.58. The third-order valence-electron chi connectivity index (χ3n) is 3.20. The first kappa shape index (κ1) is 10.4. The average Bonchev–Trinajstić information content (AvgIpc) is 2.17. The van der Waals surface area contributed by atoms with Crippen molar-refractivity contribution in [2.45, 2.75) is 0 Å². The van der Waals surface area contributed by atoms with E-state index in [0.717, 1.165) is 38.8 Å². The number of hydrogen-bond acceptors (Lipinski definition) is 4. The molecule has 0 unspecified atom stereocenters. The lowest BCUT2D eigenvalue weighted by atomic mass is 10.0. The Kier molecular flexibility index (Phi) is 3.75. The third-order valence-corrected chi connectivity index (χ3v) is 3.20. The van der Waals surface area contributed by atoms with Crippen molar-refractivity contribution in [1.82, 2.24) is 9.80 Å². The van der Waals surface area contributed by atoms with Crippen molar-refractivity contribution in [3.8, 4) is 0 Å². The second-order valence-corrected chi connectivity index (χ2v) is 4.32. The summed E-state index contributed by atoms with van der Waals surface area (Å²) in [6.07, 6.45) is 0. The molecule has 0 saturated carbocycles. The Morgan fingerprint density at radius 2 is 1.71 bits per heavy atom. The largest absolute Gasteiger partial charge is 0.379 e. The van der Waals surface area contributed by atoms with Gasteiger partial charge in [-0.1, -0.05) is 0 Å². The average molecular weight is 199 g/mol. The number of morpholine rings is 1. The highest BCUT2D eigenvalue weighted by atomic mass is 16.5. The predicted molar refractivity (Wildman–Crippen MR) is 56.2 cm³/mol. The smallest absolute Gasteiger partial charge is 0.0594 e. The summed E-state index contributed by atoms with van der Waals surface area (Å²) in [6, 6.07) is 0. The molecule has 14 heavy (non-hydrogen) atoms. The summed E-state index contributed by atoms with van der Waals surface area (Å²) in [5.74, 6) is 0.764. The van der Waals surface area contributed by atoms with E-state index in [9.17, 15) is 0 Å². The zero-order valence-electron chi connectivity index (χ0n) is 8.82. The molecular weight excluding hydrogens is 178 g/mol. The molecule has 4 heteroatoms. The molecular formula is C10H21N3O. The van der Waals surface area contributed by atoms with Gasteiger partial charge < -0.3 is 15.4 Å². The quantitative estimate of drug-likeness (QED) is 0.644. The number of nitrogens with zero attached hydrogens (tertiary/aromatic N) is 2. The zero-order chi connectivity index (χ0) is 9.80. The molecule has 0 aromatic heterocycles. The van der Waals surface area contributed by atoms with Crippen molar-refractivity contribution in [3.05, 3.63) is 0 Å². The maximum Gasteiger partial charge on any atom is 0.0594 e. The second-order valence-electron chi connectivity index (χ2n) is 4.32. The number of ether oxygens (including phenoxy) is 1. The Morgan fingerprint density at radius 3 is 2.36 bits per heavy atom. The highest BCUT2D eigenvalue weighted by molar-refractivity contribution is 4.80. The molecule has 0 amide bonds. The van der Waals surface area contributed by atoms with Gasteiger partial charge in [0.15, 0.2) is 0 Å². The molecule has 2 aliphatic heterocycles. The molecule has 2 rings (SSSR count). The predicted octanol–water partition coefficient (Wildman–Crippen LogP) is -0.791. The van der Waals surface area contributed by atoms with Gasteiger partial charge in [0.1, 0.15) is 0 Å². The van der Waals surface area contributed by atoms with Crippen molar-refractivity contribution in [3.63, 3.8) is 0 Å². The van der Waals surface area contributed by atoms with E-state index < -0.39 is 0 Å². The third kappa shape index (κ3) is 2.67. The number of hydrogen-bond donors (Lipinski definition) is 1. The van der Waals surface area contributed by atoms with Crippen molar-refractivity contribution < 1.29 is 4.74 Å². The summed E-state index contributed by atoms with van der Waals surface area (Å²) in [6.45, 7) is 9.70. The van der Waals surface area contributed by atoms with Crippen LogP contribution < -0.4 is 5.73 Å². The minimum atomic E-state index is 0.764. The van der Waals surface area contributed by atoms with Crippen LogP contribution in [0.25, 0.3) is 0 Å². The molecule has 0 aromatic rings. The first-order chi connectivity index (χ1) is 6.88. The normalized spacial score (nSPS) is 26.4. The van der Waals surface area contributed by atoms with Crippen molar-refractivity contribution in [2.24, 2.45) is 11.7 Å². The highest BCUT2D eigenvalue weighted by Gasteiger charge is 2.25. The summed E-state index contributed by atoms with van der Waals surface area (Å²) in [7, 11) is 0. The van der Waals surface area contributed by atoms with Gasteiger partial charge in [-0.25, -0.2) is 0 Å². The molecule has 2 aliphatic rings. The fraction of sp³-hybridized carbons (Fsp3) is 1.00. The summed E-state index contributed by atoms with van der Waals surface area (Å²) in [4.78, 5) is 4.98. The van der Waals surface area contributed by atoms with Crippen molar-refractivity contribution >= 4 is 0 Å². The van der Waals surface area contributed by atoms with E-state index in [1.54, 1.807) is 0 Å². The monoisotopic (exact) mass is 199 g/mol. The number of rotatable bonds is 4. The van der Waals surface area contributed by atoms with E-state index in [1.165, 1.54) is 26.2 Å². The van der Waals surface area contributed by atoms with Crippen LogP contribution in [0.3, 0.4) is 0 Å². The van der Waals surface area contributed by atoms with Gasteiger partial charge in [0.05, 0.1) is 13.2 Å². The van der Waals surface area contributed by atoms with Gasteiger partial charge in [0.2, 0.25) is 0 Å². The molecule has 82 valence electrons. The summed E-state index contributed by atoms with van der Waals surface area (Å²) in [5.41, 5.74) is 5.58. The molecule has 0 aliphatic carbocycles. The topological polar surface area (TPSA) is 41.7 Å². The minimum absolute atomic E-state index is 0.764. The molecule has 0 aromatic carbocycles. The van der Waals surface area contributed by atoms with Gasteiger partial charge in [0, 0.05) is 39.3 Å². The van der Waals surface area contributed by atoms with Crippen LogP contribution in [-0.4, -0.2) is 68.8 Å². The fourth-order valence-electron chi connectivity index (χ4n) is 2.12. The van der Waals surface area contributed by atoms with Crippen LogP contribution in [-0.2, 0) is 4.74 Å². The minimum Gasteiger partial charge on any atom is -0.379 e. The SMILES string of the molecule is NCC1CN(CCN2CCOCC2)C1. The van der Waals surface area contributed by atoms with E-state index >= 15 is 0 Å². The standard InChI is InChI=1S/C10H21N3O/c11-7-10-8-13(9-10)2-1-12-3-5-14-6-4-12/h10H,1-9,11H2. The van der Waals surface area contributed by atoms with Gasteiger partial charge in [0.25, 0.3) is 0 Å². The maximum atomic E-state index is 5.58. The molecule has 2 heterocycles. The van der Waals surface area contributed by atoms with Crippen LogP contribution in [0.5, 0.6) is 0 Å². The Labute approximate surface area is 86.0 Å². The lowest BCUT2D eigenvalue weighted by Gasteiger charge is -2.40. The number of nitrogens with two attached hydrogens (primary N) is 1. The molecule has 0 spiro atoms. The zero-order valence-corrected chi connectivity index (χ0v) is 8.82. The van der Waals surface area contributed by atoms with E-state index in [2.05, 4.69) is 9.80 Å². The van der Waals surface area contributed by atoms with Gasteiger partial charge in [-0.2, -0.15) is 0 Å².